The van der Waals surface area contributed by atoms with Crippen molar-refractivity contribution in [3.05, 3.63) is 59.7 Å². The van der Waals surface area contributed by atoms with Gasteiger partial charge in [0.25, 0.3) is 0 Å². The molecule has 0 radical (unpaired) electrons. The molecule has 2 aromatic rings. The largest absolute Gasteiger partial charge is 0.454 e. The van der Waals surface area contributed by atoms with Crippen LogP contribution in [-0.4, -0.2) is 31.3 Å². The summed E-state index contributed by atoms with van der Waals surface area (Å²) in [5, 5.41) is 0. The molecule has 1 heterocycles. The van der Waals surface area contributed by atoms with Crippen LogP contribution in [0.3, 0.4) is 0 Å². The van der Waals surface area contributed by atoms with Crippen LogP contribution in [0.4, 0.5) is 8.78 Å². The van der Waals surface area contributed by atoms with E-state index in [1.54, 1.807) is 18.2 Å². The number of carbonyl (C=O) groups is 2. The number of ketones is 1. The summed E-state index contributed by atoms with van der Waals surface area (Å²) >= 11 is 0. The Balaban J connectivity index is 1.56. The van der Waals surface area contributed by atoms with Crippen molar-refractivity contribution in [1.82, 2.24) is 0 Å². The third-order valence-corrected chi connectivity index (χ3v) is 3.83. The molecular formula is C20H16F2O6. The molecule has 6 nitrogen and oxygen atoms in total. The van der Waals surface area contributed by atoms with Crippen molar-refractivity contribution in [3.63, 3.8) is 0 Å². The van der Waals surface area contributed by atoms with Gasteiger partial charge in [-0.2, -0.15) is 8.78 Å². The summed E-state index contributed by atoms with van der Waals surface area (Å²) in [5.74, 6) is -0.0188. The number of fused-ring (bicyclic) bond motifs is 1. The van der Waals surface area contributed by atoms with Crippen LogP contribution in [0.2, 0.25) is 0 Å². The molecule has 0 unspecified atom stereocenters. The number of alkyl halides is 2. The number of hydrogen-bond acceptors (Lipinski definition) is 6. The summed E-state index contributed by atoms with van der Waals surface area (Å²) in [6, 6.07) is 10.3. The van der Waals surface area contributed by atoms with Gasteiger partial charge in [0.15, 0.2) is 17.6 Å². The van der Waals surface area contributed by atoms with E-state index >= 15 is 0 Å². The van der Waals surface area contributed by atoms with Crippen molar-refractivity contribution in [2.45, 2.75) is 19.6 Å². The number of ether oxygens (including phenoxy) is 4. The van der Waals surface area contributed by atoms with Crippen LogP contribution in [0.1, 0.15) is 22.8 Å². The van der Waals surface area contributed by atoms with Gasteiger partial charge in [-0.25, -0.2) is 4.79 Å². The Hall–Kier alpha value is -3.42. The van der Waals surface area contributed by atoms with Gasteiger partial charge >= 0.3 is 12.6 Å². The second-order valence-corrected chi connectivity index (χ2v) is 5.79. The summed E-state index contributed by atoms with van der Waals surface area (Å²) in [6.45, 7) is -1.37. The number of carbonyl (C=O) groups excluding carboxylic acids is 2. The highest BCUT2D eigenvalue weighted by atomic mass is 19.3. The summed E-state index contributed by atoms with van der Waals surface area (Å²) in [7, 11) is 0. The average molecular weight is 390 g/mol. The highest BCUT2D eigenvalue weighted by Crippen LogP contribution is 2.32. The van der Waals surface area contributed by atoms with Gasteiger partial charge < -0.3 is 18.9 Å². The van der Waals surface area contributed by atoms with Crippen LogP contribution in [0.25, 0.3) is 6.08 Å². The monoisotopic (exact) mass is 390 g/mol. The zero-order valence-corrected chi connectivity index (χ0v) is 14.8. The standard InChI is InChI=1S/C20H16F2O6/c1-12(19(24)14-4-6-15(7-5-14)28-20(21)22)27-18(23)9-3-13-2-8-16-17(10-13)26-11-25-16/h2-10,12,20H,11H2,1H3/b9-3+/t12-/m0/s1. The van der Waals surface area contributed by atoms with E-state index in [9.17, 15) is 18.4 Å². The molecule has 0 spiro atoms. The molecular weight excluding hydrogens is 374 g/mol. The highest BCUT2D eigenvalue weighted by molar-refractivity contribution is 6.01. The lowest BCUT2D eigenvalue weighted by Gasteiger charge is -2.11. The predicted octanol–water partition coefficient (Wildman–Crippen LogP) is 3.84. The van der Waals surface area contributed by atoms with Gasteiger partial charge in [-0.05, 0) is 55.0 Å². The van der Waals surface area contributed by atoms with Crippen molar-refractivity contribution in [2.75, 3.05) is 6.79 Å². The fourth-order valence-electron chi connectivity index (χ4n) is 2.48. The first kappa shape index (κ1) is 19.3. The molecule has 0 bridgehead atoms. The fraction of sp³-hybridized carbons (Fsp3) is 0.200. The normalized spacial score (nSPS) is 13.6. The molecule has 3 rings (SSSR count). The van der Waals surface area contributed by atoms with E-state index in [2.05, 4.69) is 4.74 Å². The molecule has 0 amide bonds. The minimum Gasteiger partial charge on any atom is -0.454 e. The molecule has 1 aliphatic rings. The number of esters is 1. The Morgan fingerprint density at radius 1 is 1.07 bits per heavy atom. The van der Waals surface area contributed by atoms with Crippen molar-refractivity contribution in [3.8, 4) is 17.2 Å². The van der Waals surface area contributed by atoms with E-state index in [4.69, 9.17) is 14.2 Å². The van der Waals surface area contributed by atoms with Crippen LogP contribution < -0.4 is 14.2 Å². The van der Waals surface area contributed by atoms with E-state index in [1.807, 2.05) is 0 Å². The maximum Gasteiger partial charge on any atom is 0.387 e. The van der Waals surface area contributed by atoms with Gasteiger partial charge in [-0.1, -0.05) is 6.07 Å². The summed E-state index contributed by atoms with van der Waals surface area (Å²) in [6.07, 6.45) is 1.68. The minimum absolute atomic E-state index is 0.0668. The number of Topliss-reactive ketones (excluding diaryl/α,β-unsaturated/α-hetero) is 1. The predicted molar refractivity (Wildman–Crippen MR) is 94.6 cm³/mol. The molecule has 2 aromatic carbocycles. The molecule has 0 saturated carbocycles. The number of rotatable bonds is 7. The van der Waals surface area contributed by atoms with Crippen molar-refractivity contribution < 1.29 is 37.3 Å². The van der Waals surface area contributed by atoms with Crippen LogP contribution in [0.15, 0.2) is 48.5 Å². The summed E-state index contributed by atoms with van der Waals surface area (Å²) < 4.78 is 44.1. The molecule has 0 fully saturated rings. The molecule has 28 heavy (non-hydrogen) atoms. The molecule has 1 atom stereocenters. The number of halogens is 2. The summed E-state index contributed by atoms with van der Waals surface area (Å²) in [5.41, 5.74) is 0.913. The van der Waals surface area contributed by atoms with Crippen molar-refractivity contribution in [1.29, 1.82) is 0 Å². The lowest BCUT2D eigenvalue weighted by molar-refractivity contribution is -0.140. The smallest absolute Gasteiger partial charge is 0.387 e. The van der Waals surface area contributed by atoms with Gasteiger partial charge in [0, 0.05) is 11.6 Å². The quantitative estimate of drug-likeness (QED) is 0.406. The fourth-order valence-corrected chi connectivity index (χ4v) is 2.48. The van der Waals surface area contributed by atoms with Gasteiger partial charge in [-0.15, -0.1) is 0 Å². The first-order valence-electron chi connectivity index (χ1n) is 8.30. The number of hydrogen-bond donors (Lipinski definition) is 0. The lowest BCUT2D eigenvalue weighted by atomic mass is 10.1. The Labute approximate surface area is 159 Å². The third kappa shape index (κ3) is 4.85. The first-order valence-corrected chi connectivity index (χ1v) is 8.30. The van der Waals surface area contributed by atoms with E-state index < -0.39 is 24.5 Å². The molecule has 0 saturated heterocycles. The zero-order chi connectivity index (χ0) is 20.1. The second-order valence-electron chi connectivity index (χ2n) is 5.79. The minimum atomic E-state index is -2.95. The molecule has 0 N–H and O–H groups in total. The molecule has 1 aliphatic heterocycles. The Morgan fingerprint density at radius 3 is 2.50 bits per heavy atom. The van der Waals surface area contributed by atoms with Gasteiger partial charge in [-0.3, -0.25) is 4.79 Å². The Kier molecular flexibility index (Phi) is 5.88. The van der Waals surface area contributed by atoms with Gasteiger partial charge in [0.05, 0.1) is 0 Å². The average Bonchev–Trinajstić information content (AvgIpc) is 3.13. The third-order valence-electron chi connectivity index (χ3n) is 3.83. The SMILES string of the molecule is C[C@H](OC(=O)/C=C/c1ccc2c(c1)OCO2)C(=O)c1ccc(OC(F)F)cc1. The molecule has 0 aliphatic carbocycles. The first-order chi connectivity index (χ1) is 13.4. The van der Waals surface area contributed by atoms with Crippen molar-refractivity contribution in [2.24, 2.45) is 0 Å². The highest BCUT2D eigenvalue weighted by Gasteiger charge is 2.19. The van der Waals surface area contributed by atoms with Crippen molar-refractivity contribution >= 4 is 17.8 Å². The van der Waals surface area contributed by atoms with Crippen LogP contribution in [0, 0.1) is 0 Å². The lowest BCUT2D eigenvalue weighted by Crippen LogP contribution is -2.23. The topological polar surface area (TPSA) is 71.1 Å². The molecule has 0 aromatic heterocycles. The van der Waals surface area contributed by atoms with Gasteiger partial charge in [0.2, 0.25) is 12.6 Å². The van der Waals surface area contributed by atoms with Gasteiger partial charge in [0.1, 0.15) is 5.75 Å². The maximum absolute atomic E-state index is 12.3. The molecule has 146 valence electrons. The maximum atomic E-state index is 12.3. The second kappa shape index (κ2) is 8.51. The van der Waals surface area contributed by atoms with E-state index in [1.165, 1.54) is 43.3 Å². The molecule has 8 heteroatoms. The summed E-state index contributed by atoms with van der Waals surface area (Å²) in [4.78, 5) is 24.2. The Bertz CT molecular complexity index is 892. The van der Waals surface area contributed by atoms with Crippen LogP contribution in [0.5, 0.6) is 17.2 Å². The van der Waals surface area contributed by atoms with Crippen LogP contribution >= 0.6 is 0 Å². The number of benzene rings is 2. The van der Waals surface area contributed by atoms with E-state index in [0.29, 0.717) is 17.1 Å². The zero-order valence-electron chi connectivity index (χ0n) is 14.8. The van der Waals surface area contributed by atoms with E-state index in [-0.39, 0.29) is 18.1 Å². The van der Waals surface area contributed by atoms with Crippen LogP contribution in [-0.2, 0) is 9.53 Å². The Morgan fingerprint density at radius 2 is 1.79 bits per heavy atom. The van der Waals surface area contributed by atoms with E-state index in [0.717, 1.165) is 0 Å².